The summed E-state index contributed by atoms with van der Waals surface area (Å²) in [7, 11) is 3.21. The zero-order valence-electron chi connectivity index (χ0n) is 7.79. The molecular weight excluding hydrogens is 144 g/mol. The predicted molar refractivity (Wildman–Crippen MR) is 44.5 cm³/mol. The standard InChI is InChI=1S/C4H10O2.C4H8O/c1-4(5-2)6-3;1-2-3-4-5/h4H,1-3H3;4H,2-3H2,1H3. The van der Waals surface area contributed by atoms with Crippen molar-refractivity contribution >= 4 is 6.29 Å². The Morgan fingerprint density at radius 1 is 1.36 bits per heavy atom. The van der Waals surface area contributed by atoms with Crippen molar-refractivity contribution in [2.75, 3.05) is 14.2 Å². The zero-order valence-corrected chi connectivity index (χ0v) is 7.79. The highest BCUT2D eigenvalue weighted by atomic mass is 16.7. The monoisotopic (exact) mass is 162 g/mol. The number of carbonyl (C=O) groups is 1. The van der Waals surface area contributed by atoms with Gasteiger partial charge in [0, 0.05) is 20.6 Å². The van der Waals surface area contributed by atoms with Gasteiger partial charge in [0.1, 0.15) is 6.29 Å². The van der Waals surface area contributed by atoms with Gasteiger partial charge in [0.25, 0.3) is 0 Å². The van der Waals surface area contributed by atoms with Gasteiger partial charge in [0.2, 0.25) is 0 Å². The maximum absolute atomic E-state index is 9.40. The Labute approximate surface area is 68.7 Å². The van der Waals surface area contributed by atoms with E-state index in [4.69, 9.17) is 0 Å². The van der Waals surface area contributed by atoms with Crippen molar-refractivity contribution < 1.29 is 14.3 Å². The van der Waals surface area contributed by atoms with Crippen LogP contribution in [-0.2, 0) is 14.3 Å². The fourth-order valence-electron chi connectivity index (χ4n) is 0.214. The molecule has 68 valence electrons. The van der Waals surface area contributed by atoms with Gasteiger partial charge in [0.05, 0.1) is 0 Å². The van der Waals surface area contributed by atoms with Gasteiger partial charge >= 0.3 is 0 Å². The molecule has 0 amide bonds. The van der Waals surface area contributed by atoms with Crippen molar-refractivity contribution in [3.63, 3.8) is 0 Å². The van der Waals surface area contributed by atoms with Gasteiger partial charge in [-0.1, -0.05) is 6.92 Å². The van der Waals surface area contributed by atoms with Crippen LogP contribution in [0.25, 0.3) is 0 Å². The first-order valence-electron chi connectivity index (χ1n) is 3.72. The van der Waals surface area contributed by atoms with E-state index < -0.39 is 0 Å². The number of carbonyl (C=O) groups excluding carboxylic acids is 1. The second-order valence-electron chi connectivity index (χ2n) is 1.99. The molecule has 0 unspecified atom stereocenters. The lowest BCUT2D eigenvalue weighted by atomic mass is 10.4. The van der Waals surface area contributed by atoms with Gasteiger partial charge in [-0.25, -0.2) is 0 Å². The van der Waals surface area contributed by atoms with Crippen molar-refractivity contribution in [3.05, 3.63) is 0 Å². The summed E-state index contributed by atoms with van der Waals surface area (Å²) in [6, 6.07) is 0. The van der Waals surface area contributed by atoms with E-state index in [2.05, 4.69) is 9.47 Å². The topological polar surface area (TPSA) is 35.5 Å². The molecule has 0 fully saturated rings. The molecule has 0 bridgehead atoms. The molecule has 0 aliphatic rings. The third-order valence-corrected chi connectivity index (χ3v) is 1.07. The van der Waals surface area contributed by atoms with Crippen LogP contribution in [0.15, 0.2) is 0 Å². The Morgan fingerprint density at radius 2 is 1.82 bits per heavy atom. The molecule has 0 aliphatic carbocycles. The largest absolute Gasteiger partial charge is 0.356 e. The van der Waals surface area contributed by atoms with Gasteiger partial charge in [-0.3, -0.25) is 0 Å². The molecule has 3 heteroatoms. The normalized spacial score (nSPS) is 8.82. The summed E-state index contributed by atoms with van der Waals surface area (Å²) in [6.07, 6.45) is 2.55. The van der Waals surface area contributed by atoms with Crippen LogP contribution in [0.3, 0.4) is 0 Å². The first-order valence-corrected chi connectivity index (χ1v) is 3.72. The van der Waals surface area contributed by atoms with Crippen molar-refractivity contribution in [2.24, 2.45) is 0 Å². The molecule has 0 radical (unpaired) electrons. The third kappa shape index (κ3) is 17.7. The summed E-state index contributed by atoms with van der Waals surface area (Å²) in [5.41, 5.74) is 0. The second kappa shape index (κ2) is 12.3. The van der Waals surface area contributed by atoms with Crippen LogP contribution in [0, 0.1) is 0 Å². The molecule has 0 aromatic rings. The van der Waals surface area contributed by atoms with Gasteiger partial charge in [0.15, 0.2) is 6.29 Å². The lowest BCUT2D eigenvalue weighted by molar-refractivity contribution is -0.107. The van der Waals surface area contributed by atoms with Crippen molar-refractivity contribution in [3.8, 4) is 0 Å². The number of rotatable bonds is 4. The molecule has 0 saturated heterocycles. The van der Waals surface area contributed by atoms with E-state index in [0.717, 1.165) is 12.7 Å². The van der Waals surface area contributed by atoms with Crippen molar-refractivity contribution in [2.45, 2.75) is 33.0 Å². The Kier molecular flexibility index (Phi) is 14.7. The summed E-state index contributed by atoms with van der Waals surface area (Å²) in [5.74, 6) is 0. The molecule has 0 N–H and O–H groups in total. The summed E-state index contributed by atoms with van der Waals surface area (Å²) >= 11 is 0. The van der Waals surface area contributed by atoms with Crippen LogP contribution in [0.2, 0.25) is 0 Å². The fourth-order valence-corrected chi connectivity index (χ4v) is 0.214. The molecule has 0 aromatic carbocycles. The van der Waals surface area contributed by atoms with Gasteiger partial charge < -0.3 is 14.3 Å². The highest BCUT2D eigenvalue weighted by Gasteiger charge is 1.87. The second-order valence-corrected chi connectivity index (χ2v) is 1.99. The number of hydrogen-bond acceptors (Lipinski definition) is 3. The molecule has 0 aliphatic heterocycles. The Balaban J connectivity index is 0. The summed E-state index contributed by atoms with van der Waals surface area (Å²) in [6.45, 7) is 3.81. The van der Waals surface area contributed by atoms with Crippen molar-refractivity contribution in [1.82, 2.24) is 0 Å². The summed E-state index contributed by atoms with van der Waals surface area (Å²) in [5, 5.41) is 0. The molecular formula is C8H18O3. The molecule has 0 rings (SSSR count). The minimum atomic E-state index is -0.0648. The minimum absolute atomic E-state index is 0.0648. The maximum atomic E-state index is 9.40. The van der Waals surface area contributed by atoms with Crippen LogP contribution in [0.1, 0.15) is 26.7 Å². The summed E-state index contributed by atoms with van der Waals surface area (Å²) < 4.78 is 9.35. The van der Waals surface area contributed by atoms with Crippen LogP contribution < -0.4 is 0 Å². The quantitative estimate of drug-likeness (QED) is 0.465. The lowest BCUT2D eigenvalue weighted by Gasteiger charge is -2.03. The van der Waals surface area contributed by atoms with Crippen LogP contribution >= 0.6 is 0 Å². The van der Waals surface area contributed by atoms with Crippen molar-refractivity contribution in [1.29, 1.82) is 0 Å². The maximum Gasteiger partial charge on any atom is 0.154 e. The smallest absolute Gasteiger partial charge is 0.154 e. The molecule has 0 aromatic heterocycles. The van der Waals surface area contributed by atoms with E-state index in [1.807, 2.05) is 13.8 Å². The average Bonchev–Trinajstić information content (AvgIpc) is 2.06. The number of ether oxygens (including phenoxy) is 2. The number of methoxy groups -OCH3 is 2. The van der Waals surface area contributed by atoms with Gasteiger partial charge in [-0.05, 0) is 13.3 Å². The van der Waals surface area contributed by atoms with Crippen LogP contribution in [0.4, 0.5) is 0 Å². The van der Waals surface area contributed by atoms with Gasteiger partial charge in [-0.2, -0.15) is 0 Å². The molecule has 0 saturated carbocycles. The van der Waals surface area contributed by atoms with Crippen LogP contribution in [-0.4, -0.2) is 26.8 Å². The Bertz CT molecular complexity index is 69.7. The molecule has 3 nitrogen and oxygen atoms in total. The van der Waals surface area contributed by atoms with E-state index >= 15 is 0 Å². The molecule has 11 heavy (non-hydrogen) atoms. The van der Waals surface area contributed by atoms with E-state index in [1.54, 1.807) is 14.2 Å². The Hall–Kier alpha value is -0.410. The lowest BCUT2D eigenvalue weighted by Crippen LogP contribution is -2.05. The fraction of sp³-hybridized carbons (Fsp3) is 0.875. The zero-order chi connectivity index (χ0) is 9.11. The molecule has 0 spiro atoms. The average molecular weight is 162 g/mol. The minimum Gasteiger partial charge on any atom is -0.356 e. The number of unbranched alkanes of at least 4 members (excludes halogenated alkanes) is 1. The van der Waals surface area contributed by atoms with E-state index in [1.165, 1.54) is 0 Å². The van der Waals surface area contributed by atoms with E-state index in [-0.39, 0.29) is 6.29 Å². The third-order valence-electron chi connectivity index (χ3n) is 1.07. The number of hydrogen-bond donors (Lipinski definition) is 0. The van der Waals surface area contributed by atoms with Crippen LogP contribution in [0.5, 0.6) is 0 Å². The predicted octanol–water partition coefficient (Wildman–Crippen LogP) is 1.61. The highest BCUT2D eigenvalue weighted by molar-refractivity contribution is 5.48. The number of aldehydes is 1. The Morgan fingerprint density at radius 3 is 1.82 bits per heavy atom. The first-order chi connectivity index (χ1) is 5.22. The molecule has 0 atom stereocenters. The summed E-state index contributed by atoms with van der Waals surface area (Å²) in [4.78, 5) is 9.40. The highest BCUT2D eigenvalue weighted by Crippen LogP contribution is 1.82. The first kappa shape index (κ1) is 13.2. The van der Waals surface area contributed by atoms with E-state index in [0.29, 0.717) is 6.42 Å². The SMILES string of the molecule is CCCC=O.COC(C)OC. The molecule has 0 heterocycles. The van der Waals surface area contributed by atoms with Gasteiger partial charge in [-0.15, -0.1) is 0 Å². The van der Waals surface area contributed by atoms with E-state index in [9.17, 15) is 4.79 Å².